The molecule has 18 heavy (non-hydrogen) atoms. The molecule has 0 saturated heterocycles. The van der Waals surface area contributed by atoms with Crippen LogP contribution in [0.1, 0.15) is 32.1 Å². The highest BCUT2D eigenvalue weighted by molar-refractivity contribution is 5.77. The van der Waals surface area contributed by atoms with E-state index in [0.717, 1.165) is 11.1 Å². The van der Waals surface area contributed by atoms with E-state index in [-0.39, 0.29) is 17.5 Å². The number of hydrogen-bond donors (Lipinski definition) is 2. The topological polar surface area (TPSA) is 86.9 Å². The molecule has 0 aliphatic carbocycles. The van der Waals surface area contributed by atoms with Crippen molar-refractivity contribution in [1.82, 2.24) is 9.66 Å². The molecule has 0 aliphatic rings. The molecule has 2 atom stereocenters. The zero-order valence-corrected chi connectivity index (χ0v) is 10.6. The van der Waals surface area contributed by atoms with Gasteiger partial charge in [0, 0.05) is 0 Å². The van der Waals surface area contributed by atoms with E-state index in [1.54, 1.807) is 18.2 Å². The number of fused-ring (bicyclic) bond motifs is 1. The monoisotopic (exact) mass is 246 g/mol. The number of nitrogens with two attached hydrogens (primary N) is 2. The lowest BCUT2D eigenvalue weighted by atomic mass is 9.99. The van der Waals surface area contributed by atoms with E-state index in [4.69, 9.17) is 11.6 Å². The molecule has 0 aliphatic heterocycles. The minimum atomic E-state index is -0.336. The maximum absolute atomic E-state index is 12.1. The summed E-state index contributed by atoms with van der Waals surface area (Å²) in [5.41, 5.74) is 6.49. The maximum Gasteiger partial charge on any atom is 0.279 e. The zero-order chi connectivity index (χ0) is 13.3. The fourth-order valence-electron chi connectivity index (χ4n) is 1.91. The van der Waals surface area contributed by atoms with Crippen molar-refractivity contribution < 1.29 is 0 Å². The van der Waals surface area contributed by atoms with Crippen molar-refractivity contribution in [2.75, 3.05) is 5.84 Å². The number of benzene rings is 1. The fourth-order valence-corrected chi connectivity index (χ4v) is 1.91. The number of aromatic nitrogens is 2. The lowest BCUT2D eigenvalue weighted by Gasteiger charge is -2.20. The highest BCUT2D eigenvalue weighted by atomic mass is 16.1. The van der Waals surface area contributed by atoms with Crippen molar-refractivity contribution >= 4 is 10.9 Å². The molecule has 2 rings (SSSR count). The lowest BCUT2D eigenvalue weighted by molar-refractivity contribution is 0.429. The summed E-state index contributed by atoms with van der Waals surface area (Å²) in [4.78, 5) is 16.5. The zero-order valence-electron chi connectivity index (χ0n) is 10.6. The molecule has 5 heteroatoms. The molecule has 0 fully saturated rings. The van der Waals surface area contributed by atoms with Gasteiger partial charge in [0.1, 0.15) is 5.82 Å². The van der Waals surface area contributed by atoms with Gasteiger partial charge in [0.15, 0.2) is 0 Å². The van der Waals surface area contributed by atoms with Gasteiger partial charge in [0.05, 0.1) is 16.9 Å². The highest BCUT2D eigenvalue weighted by Crippen LogP contribution is 2.19. The van der Waals surface area contributed by atoms with Gasteiger partial charge < -0.3 is 11.6 Å². The Hall–Kier alpha value is -1.88. The largest absolute Gasteiger partial charge is 0.335 e. The van der Waals surface area contributed by atoms with Gasteiger partial charge in [-0.3, -0.25) is 4.79 Å². The molecule has 96 valence electrons. The van der Waals surface area contributed by atoms with Gasteiger partial charge >= 0.3 is 0 Å². The molecule has 5 nitrogen and oxygen atoms in total. The molecular weight excluding hydrogens is 228 g/mol. The van der Waals surface area contributed by atoms with E-state index in [1.165, 1.54) is 0 Å². The van der Waals surface area contributed by atoms with Crippen molar-refractivity contribution in [3.8, 4) is 0 Å². The molecule has 1 aromatic carbocycles. The highest BCUT2D eigenvalue weighted by Gasteiger charge is 2.19. The molecule has 0 saturated carbocycles. The molecule has 1 aromatic heterocycles. The van der Waals surface area contributed by atoms with E-state index in [0.29, 0.717) is 16.7 Å². The van der Waals surface area contributed by atoms with Crippen LogP contribution in [0.2, 0.25) is 0 Å². The molecule has 0 unspecified atom stereocenters. The Kier molecular flexibility index (Phi) is 3.34. The first kappa shape index (κ1) is 12.6. The summed E-state index contributed by atoms with van der Waals surface area (Å²) in [6, 6.07) is 6.81. The second-order valence-electron chi connectivity index (χ2n) is 4.57. The van der Waals surface area contributed by atoms with Crippen LogP contribution >= 0.6 is 0 Å². The average Bonchev–Trinajstić information content (AvgIpc) is 2.41. The van der Waals surface area contributed by atoms with E-state index in [1.807, 2.05) is 19.9 Å². The van der Waals surface area contributed by atoms with Crippen molar-refractivity contribution in [3.05, 3.63) is 40.4 Å². The Morgan fingerprint density at radius 2 is 2.06 bits per heavy atom. The summed E-state index contributed by atoms with van der Waals surface area (Å²) in [6.45, 7) is 4.07. The van der Waals surface area contributed by atoms with E-state index in [2.05, 4.69) is 4.98 Å². The molecule has 0 spiro atoms. The third kappa shape index (κ3) is 1.97. The van der Waals surface area contributed by atoms with Crippen LogP contribution in [0.15, 0.2) is 29.1 Å². The van der Waals surface area contributed by atoms with E-state index in [9.17, 15) is 4.79 Å². The normalized spacial score (nSPS) is 14.6. The quantitative estimate of drug-likeness (QED) is 0.795. The smallest absolute Gasteiger partial charge is 0.279 e. The standard InChI is InChI=1S/C13H18N4O/c1-3-8(2)11(14)12-16-10-7-5-4-6-9(10)13(18)17(12)15/h4-8,11H,3,14-15H2,1-2H3/t8-,11-/m0/s1. The van der Waals surface area contributed by atoms with Gasteiger partial charge in [-0.25, -0.2) is 9.66 Å². The Labute approximate surface area is 105 Å². The number of para-hydroxylation sites is 1. The van der Waals surface area contributed by atoms with Crippen LogP contribution in [0.3, 0.4) is 0 Å². The summed E-state index contributed by atoms with van der Waals surface area (Å²) in [5, 5.41) is 0.514. The van der Waals surface area contributed by atoms with Crippen LogP contribution in [-0.2, 0) is 0 Å². The number of nitrogen functional groups attached to an aromatic ring is 1. The molecule has 1 heterocycles. The van der Waals surface area contributed by atoms with Crippen molar-refractivity contribution in [1.29, 1.82) is 0 Å². The number of rotatable bonds is 3. The summed E-state index contributed by atoms with van der Waals surface area (Å²) < 4.78 is 1.07. The Bertz CT molecular complexity index is 620. The van der Waals surface area contributed by atoms with Gasteiger partial charge in [-0.1, -0.05) is 32.4 Å². The van der Waals surface area contributed by atoms with Gasteiger partial charge in [0.2, 0.25) is 0 Å². The summed E-state index contributed by atoms with van der Waals surface area (Å²) in [7, 11) is 0. The Morgan fingerprint density at radius 1 is 1.39 bits per heavy atom. The molecule has 0 amide bonds. The fraction of sp³-hybridized carbons (Fsp3) is 0.385. The second kappa shape index (κ2) is 4.78. The molecule has 0 radical (unpaired) electrons. The van der Waals surface area contributed by atoms with Crippen LogP contribution in [0.4, 0.5) is 0 Å². The summed E-state index contributed by atoms with van der Waals surface area (Å²) in [6.07, 6.45) is 0.907. The molecule has 2 aromatic rings. The minimum Gasteiger partial charge on any atom is -0.335 e. The summed E-state index contributed by atoms with van der Waals surface area (Å²) >= 11 is 0. The molecular formula is C13H18N4O. The first-order chi connectivity index (χ1) is 8.56. The Morgan fingerprint density at radius 3 is 2.72 bits per heavy atom. The van der Waals surface area contributed by atoms with Crippen LogP contribution in [0.5, 0.6) is 0 Å². The van der Waals surface area contributed by atoms with Gasteiger partial charge in [0.25, 0.3) is 5.56 Å². The van der Waals surface area contributed by atoms with Crippen LogP contribution in [-0.4, -0.2) is 9.66 Å². The molecule has 0 bridgehead atoms. The third-order valence-corrected chi connectivity index (χ3v) is 3.39. The van der Waals surface area contributed by atoms with Gasteiger partial charge in [-0.05, 0) is 18.1 Å². The summed E-state index contributed by atoms with van der Waals surface area (Å²) in [5.74, 6) is 6.46. The maximum atomic E-state index is 12.1. The number of nitrogens with zero attached hydrogens (tertiary/aromatic N) is 2. The van der Waals surface area contributed by atoms with Crippen LogP contribution in [0, 0.1) is 5.92 Å². The number of hydrogen-bond acceptors (Lipinski definition) is 4. The van der Waals surface area contributed by atoms with Crippen LogP contribution in [0.25, 0.3) is 10.9 Å². The second-order valence-corrected chi connectivity index (χ2v) is 4.57. The Balaban J connectivity index is 2.66. The van der Waals surface area contributed by atoms with Crippen molar-refractivity contribution in [3.63, 3.8) is 0 Å². The van der Waals surface area contributed by atoms with Crippen LogP contribution < -0.4 is 17.1 Å². The van der Waals surface area contributed by atoms with Crippen molar-refractivity contribution in [2.24, 2.45) is 11.7 Å². The van der Waals surface area contributed by atoms with Gasteiger partial charge in [-0.2, -0.15) is 0 Å². The minimum absolute atomic E-state index is 0.216. The molecule has 4 N–H and O–H groups in total. The first-order valence-electron chi connectivity index (χ1n) is 6.08. The lowest BCUT2D eigenvalue weighted by Crippen LogP contribution is -2.36. The van der Waals surface area contributed by atoms with E-state index >= 15 is 0 Å². The van der Waals surface area contributed by atoms with Gasteiger partial charge in [-0.15, -0.1) is 0 Å². The van der Waals surface area contributed by atoms with E-state index < -0.39 is 0 Å². The predicted molar refractivity (Wildman–Crippen MR) is 72.5 cm³/mol. The first-order valence-corrected chi connectivity index (χ1v) is 6.08. The third-order valence-electron chi connectivity index (χ3n) is 3.39. The average molecular weight is 246 g/mol. The SMILES string of the molecule is CC[C@H](C)[C@H](N)c1nc2ccccc2c(=O)n1N. The predicted octanol–water partition coefficient (Wildman–Crippen LogP) is 1.16. The van der Waals surface area contributed by atoms with Crippen molar-refractivity contribution in [2.45, 2.75) is 26.3 Å².